The molecule has 0 fully saturated rings. The third kappa shape index (κ3) is 2.28. The minimum absolute atomic E-state index is 0.0443. The molecule has 5 nitrogen and oxygen atoms in total. The van der Waals surface area contributed by atoms with Crippen molar-refractivity contribution < 1.29 is 4.92 Å². The summed E-state index contributed by atoms with van der Waals surface area (Å²) in [5.41, 5.74) is 0.454. The lowest BCUT2D eigenvalue weighted by Crippen LogP contribution is -2.17. The van der Waals surface area contributed by atoms with E-state index in [1.807, 2.05) is 0 Å². The number of hydrogen-bond acceptors (Lipinski definition) is 4. The highest BCUT2D eigenvalue weighted by Crippen LogP contribution is 2.24. The molecule has 0 atom stereocenters. The Morgan fingerprint density at radius 1 is 1.62 bits per heavy atom. The van der Waals surface area contributed by atoms with Crippen molar-refractivity contribution in [2.24, 2.45) is 0 Å². The van der Waals surface area contributed by atoms with Gasteiger partial charge < -0.3 is 4.90 Å². The predicted octanol–water partition coefficient (Wildman–Crippen LogP) is 1.54. The minimum atomic E-state index is -0.578. The zero-order chi connectivity index (χ0) is 12.1. The van der Waals surface area contributed by atoms with Crippen LogP contribution in [-0.4, -0.2) is 18.5 Å². The zero-order valence-corrected chi connectivity index (χ0v) is 8.67. The first-order valence-corrected chi connectivity index (χ1v) is 4.43. The average Bonchev–Trinajstić information content (AvgIpc) is 2.28. The number of nitro benzene ring substituents is 1. The Hall–Kier alpha value is -2.53. The van der Waals surface area contributed by atoms with Crippen molar-refractivity contribution in [3.8, 4) is 18.4 Å². The van der Waals surface area contributed by atoms with Gasteiger partial charge in [-0.2, -0.15) is 5.26 Å². The summed E-state index contributed by atoms with van der Waals surface area (Å²) in [4.78, 5) is 11.8. The van der Waals surface area contributed by atoms with Crippen LogP contribution in [-0.2, 0) is 0 Å². The van der Waals surface area contributed by atoms with E-state index in [-0.39, 0.29) is 11.3 Å². The summed E-state index contributed by atoms with van der Waals surface area (Å²) in [7, 11) is 1.73. The van der Waals surface area contributed by atoms with Gasteiger partial charge in [-0.25, -0.2) is 0 Å². The monoisotopic (exact) mass is 215 g/mol. The molecule has 0 bridgehead atoms. The molecule has 0 N–H and O–H groups in total. The molecule has 1 aromatic rings. The standard InChI is InChI=1S/C11H9N3O2/c1-3-6-13(2)10-5-4-9(8-12)11(7-10)14(15)16/h1,4-5,7H,6H2,2H3. The van der Waals surface area contributed by atoms with Crippen molar-refractivity contribution in [3.05, 3.63) is 33.9 Å². The molecule has 0 aromatic heterocycles. The maximum atomic E-state index is 10.7. The normalized spacial score (nSPS) is 8.94. The van der Waals surface area contributed by atoms with Crippen molar-refractivity contribution in [2.75, 3.05) is 18.5 Å². The molecule has 0 aliphatic heterocycles. The van der Waals surface area contributed by atoms with Gasteiger partial charge in [0.2, 0.25) is 0 Å². The van der Waals surface area contributed by atoms with E-state index < -0.39 is 4.92 Å². The average molecular weight is 215 g/mol. The smallest absolute Gasteiger partial charge is 0.289 e. The van der Waals surface area contributed by atoms with E-state index >= 15 is 0 Å². The minimum Gasteiger partial charge on any atom is -0.363 e. The van der Waals surface area contributed by atoms with Crippen LogP contribution in [0.2, 0.25) is 0 Å². The van der Waals surface area contributed by atoms with Gasteiger partial charge >= 0.3 is 0 Å². The fourth-order valence-corrected chi connectivity index (χ4v) is 1.23. The number of nitriles is 1. The first kappa shape index (κ1) is 11.5. The molecule has 0 heterocycles. The van der Waals surface area contributed by atoms with Crippen LogP contribution in [0.3, 0.4) is 0 Å². The highest BCUT2D eigenvalue weighted by atomic mass is 16.6. The second-order valence-electron chi connectivity index (χ2n) is 3.13. The highest BCUT2D eigenvalue weighted by Gasteiger charge is 2.15. The molecule has 16 heavy (non-hydrogen) atoms. The Kier molecular flexibility index (Phi) is 3.47. The summed E-state index contributed by atoms with van der Waals surface area (Å²) in [6.45, 7) is 0.350. The Labute approximate surface area is 93.1 Å². The molecule has 80 valence electrons. The van der Waals surface area contributed by atoms with E-state index in [9.17, 15) is 10.1 Å². The molecule has 0 amide bonds. The molecule has 0 radical (unpaired) electrons. The summed E-state index contributed by atoms with van der Waals surface area (Å²) >= 11 is 0. The molecule has 1 aromatic carbocycles. The Balaban J connectivity index is 3.19. The summed E-state index contributed by atoms with van der Waals surface area (Å²) in [6.07, 6.45) is 5.14. The van der Waals surface area contributed by atoms with E-state index in [1.165, 1.54) is 12.1 Å². The van der Waals surface area contributed by atoms with E-state index in [1.54, 1.807) is 24.1 Å². The van der Waals surface area contributed by atoms with E-state index in [0.29, 0.717) is 12.2 Å². The van der Waals surface area contributed by atoms with Crippen molar-refractivity contribution >= 4 is 11.4 Å². The van der Waals surface area contributed by atoms with Crippen LogP contribution < -0.4 is 4.90 Å². The molecular weight excluding hydrogens is 206 g/mol. The highest BCUT2D eigenvalue weighted by molar-refractivity contribution is 5.60. The molecule has 5 heteroatoms. The maximum Gasteiger partial charge on any atom is 0.289 e. The van der Waals surface area contributed by atoms with Gasteiger partial charge in [0, 0.05) is 18.8 Å². The van der Waals surface area contributed by atoms with Crippen LogP contribution in [0.15, 0.2) is 18.2 Å². The van der Waals surface area contributed by atoms with Gasteiger partial charge in [0.25, 0.3) is 5.69 Å². The fraction of sp³-hybridized carbons (Fsp3) is 0.182. The number of rotatable bonds is 3. The van der Waals surface area contributed by atoms with E-state index in [4.69, 9.17) is 11.7 Å². The van der Waals surface area contributed by atoms with Gasteiger partial charge in [0.05, 0.1) is 11.5 Å². The topological polar surface area (TPSA) is 70.2 Å². The predicted molar refractivity (Wildman–Crippen MR) is 59.9 cm³/mol. The van der Waals surface area contributed by atoms with E-state index in [0.717, 1.165) is 0 Å². The summed E-state index contributed by atoms with van der Waals surface area (Å²) in [5, 5.41) is 19.4. The Morgan fingerprint density at radius 3 is 2.81 bits per heavy atom. The van der Waals surface area contributed by atoms with Crippen LogP contribution in [0.4, 0.5) is 11.4 Å². The largest absolute Gasteiger partial charge is 0.363 e. The van der Waals surface area contributed by atoms with Crippen molar-refractivity contribution in [1.29, 1.82) is 5.26 Å². The van der Waals surface area contributed by atoms with Crippen LogP contribution in [0, 0.1) is 33.8 Å². The SMILES string of the molecule is C#CCN(C)c1ccc(C#N)c([N+](=O)[O-])c1. The van der Waals surface area contributed by atoms with Gasteiger partial charge in [-0.15, -0.1) is 6.42 Å². The number of nitro groups is 1. The number of benzene rings is 1. The van der Waals surface area contributed by atoms with Gasteiger partial charge in [-0.3, -0.25) is 10.1 Å². The van der Waals surface area contributed by atoms with Gasteiger partial charge in [-0.1, -0.05) is 5.92 Å². The molecule has 0 spiro atoms. The molecule has 0 aliphatic carbocycles. The zero-order valence-electron chi connectivity index (χ0n) is 8.67. The lowest BCUT2D eigenvalue weighted by atomic mass is 10.1. The van der Waals surface area contributed by atoms with E-state index in [2.05, 4.69) is 5.92 Å². The first-order valence-electron chi connectivity index (χ1n) is 4.43. The molecule has 0 saturated carbocycles. The van der Waals surface area contributed by atoms with Crippen molar-refractivity contribution in [2.45, 2.75) is 0 Å². The quantitative estimate of drug-likeness (QED) is 0.435. The van der Waals surface area contributed by atoms with Gasteiger partial charge in [0.1, 0.15) is 11.6 Å². The maximum absolute atomic E-state index is 10.7. The fourth-order valence-electron chi connectivity index (χ4n) is 1.23. The molecule has 0 saturated heterocycles. The summed E-state index contributed by atoms with van der Waals surface area (Å²) in [5.74, 6) is 2.43. The molecule has 1 rings (SSSR count). The van der Waals surface area contributed by atoms with Crippen LogP contribution >= 0.6 is 0 Å². The number of terminal acetylenes is 1. The summed E-state index contributed by atoms with van der Waals surface area (Å²) in [6, 6.07) is 6.16. The number of hydrogen-bond donors (Lipinski definition) is 0. The second-order valence-corrected chi connectivity index (χ2v) is 3.13. The Morgan fingerprint density at radius 2 is 2.31 bits per heavy atom. The molecule has 0 aliphatic rings. The Bertz CT molecular complexity index is 497. The third-order valence-corrected chi connectivity index (χ3v) is 2.07. The molecular formula is C11H9N3O2. The third-order valence-electron chi connectivity index (χ3n) is 2.07. The van der Waals surface area contributed by atoms with Crippen LogP contribution in [0.5, 0.6) is 0 Å². The van der Waals surface area contributed by atoms with Crippen LogP contribution in [0.25, 0.3) is 0 Å². The molecule has 0 unspecified atom stereocenters. The summed E-state index contributed by atoms with van der Waals surface area (Å²) < 4.78 is 0. The number of anilines is 1. The second kappa shape index (κ2) is 4.81. The van der Waals surface area contributed by atoms with Gasteiger partial charge in [-0.05, 0) is 12.1 Å². The lowest BCUT2D eigenvalue weighted by molar-refractivity contribution is -0.385. The van der Waals surface area contributed by atoms with Crippen LogP contribution in [0.1, 0.15) is 5.56 Å². The van der Waals surface area contributed by atoms with Crippen molar-refractivity contribution in [3.63, 3.8) is 0 Å². The van der Waals surface area contributed by atoms with Gasteiger partial charge in [0.15, 0.2) is 0 Å². The lowest BCUT2D eigenvalue weighted by Gasteiger charge is -2.15. The first-order chi connectivity index (χ1) is 7.60. The number of nitrogens with zero attached hydrogens (tertiary/aromatic N) is 3. The van der Waals surface area contributed by atoms with Crippen molar-refractivity contribution in [1.82, 2.24) is 0 Å².